The molecule has 104 valence electrons. The van der Waals surface area contributed by atoms with Crippen LogP contribution in [0.3, 0.4) is 0 Å². The molecule has 8 heteroatoms. The van der Waals surface area contributed by atoms with Gasteiger partial charge >= 0.3 is 0 Å². The van der Waals surface area contributed by atoms with E-state index in [0.29, 0.717) is 0 Å². The van der Waals surface area contributed by atoms with Crippen LogP contribution in [0.1, 0.15) is 11.9 Å². The molecule has 0 saturated heterocycles. The third kappa shape index (κ3) is 2.56. The van der Waals surface area contributed by atoms with Gasteiger partial charge in [0.25, 0.3) is 0 Å². The molecule has 0 bridgehead atoms. The van der Waals surface area contributed by atoms with Crippen molar-refractivity contribution in [3.05, 3.63) is 29.6 Å². The molecule has 19 heavy (non-hydrogen) atoms. The Kier molecular flexibility index (Phi) is 3.76. The van der Waals surface area contributed by atoms with Gasteiger partial charge in [-0.15, -0.1) is 0 Å². The van der Waals surface area contributed by atoms with Crippen molar-refractivity contribution < 1.29 is 29.2 Å². The molecule has 0 fully saturated rings. The third-order valence-corrected chi connectivity index (χ3v) is 2.73. The molecule has 1 heterocycles. The SMILES string of the molecule is OC[C@@H](O)[C@@H](O)[C@@H](O)c1nc2cc(F)c(F)cc2[nH]1. The van der Waals surface area contributed by atoms with E-state index in [2.05, 4.69) is 9.97 Å². The lowest BCUT2D eigenvalue weighted by atomic mass is 10.1. The van der Waals surface area contributed by atoms with Gasteiger partial charge < -0.3 is 25.4 Å². The van der Waals surface area contributed by atoms with Gasteiger partial charge in [-0.2, -0.15) is 0 Å². The maximum absolute atomic E-state index is 13.0. The van der Waals surface area contributed by atoms with Gasteiger partial charge in [-0.3, -0.25) is 0 Å². The van der Waals surface area contributed by atoms with E-state index in [1.54, 1.807) is 0 Å². The highest BCUT2D eigenvalue weighted by atomic mass is 19.2. The van der Waals surface area contributed by atoms with E-state index >= 15 is 0 Å². The first-order valence-electron chi connectivity index (χ1n) is 5.43. The molecule has 1 aromatic heterocycles. The average Bonchev–Trinajstić information content (AvgIpc) is 2.79. The van der Waals surface area contributed by atoms with Crippen LogP contribution in [-0.2, 0) is 0 Å². The highest BCUT2D eigenvalue weighted by Gasteiger charge is 2.28. The Morgan fingerprint density at radius 3 is 2.42 bits per heavy atom. The number of hydrogen-bond donors (Lipinski definition) is 5. The van der Waals surface area contributed by atoms with E-state index in [-0.39, 0.29) is 16.9 Å². The fourth-order valence-electron chi connectivity index (χ4n) is 1.64. The maximum atomic E-state index is 13.0. The van der Waals surface area contributed by atoms with E-state index < -0.39 is 36.6 Å². The Labute approximate surface area is 106 Å². The summed E-state index contributed by atoms with van der Waals surface area (Å²) in [7, 11) is 0. The van der Waals surface area contributed by atoms with Gasteiger partial charge in [0, 0.05) is 12.1 Å². The number of aliphatic hydroxyl groups is 4. The number of rotatable bonds is 4. The Hall–Kier alpha value is -1.61. The summed E-state index contributed by atoms with van der Waals surface area (Å²) in [5.74, 6) is -2.33. The molecule has 0 aliphatic heterocycles. The highest BCUT2D eigenvalue weighted by molar-refractivity contribution is 5.75. The minimum absolute atomic E-state index is 0.0682. The number of nitrogens with one attached hydrogen (secondary N) is 1. The lowest BCUT2D eigenvalue weighted by molar-refractivity contribution is -0.0800. The smallest absolute Gasteiger partial charge is 0.161 e. The van der Waals surface area contributed by atoms with Crippen LogP contribution in [0.25, 0.3) is 11.0 Å². The number of H-pyrrole nitrogens is 1. The molecule has 2 aromatic rings. The number of fused-ring (bicyclic) bond motifs is 1. The van der Waals surface area contributed by atoms with Crippen LogP contribution >= 0.6 is 0 Å². The fourth-order valence-corrected chi connectivity index (χ4v) is 1.64. The van der Waals surface area contributed by atoms with Gasteiger partial charge in [-0.05, 0) is 0 Å². The molecule has 3 atom stereocenters. The summed E-state index contributed by atoms with van der Waals surface area (Å²) in [5, 5.41) is 37.1. The summed E-state index contributed by atoms with van der Waals surface area (Å²) in [6.07, 6.45) is -4.86. The summed E-state index contributed by atoms with van der Waals surface area (Å²) >= 11 is 0. The standard InChI is InChI=1S/C11H12F2N2O4/c12-4-1-6-7(2-5(4)13)15-11(14-6)10(19)9(18)8(17)3-16/h1-2,8-10,16-19H,3H2,(H,14,15)/t8-,9-,10-/m1/s1. The van der Waals surface area contributed by atoms with Gasteiger partial charge in [-0.25, -0.2) is 13.8 Å². The molecule has 0 saturated carbocycles. The van der Waals surface area contributed by atoms with Gasteiger partial charge in [0.2, 0.25) is 0 Å². The number of benzene rings is 1. The number of hydrogen-bond acceptors (Lipinski definition) is 5. The van der Waals surface area contributed by atoms with Gasteiger partial charge in [0.1, 0.15) is 24.1 Å². The largest absolute Gasteiger partial charge is 0.394 e. The molecule has 0 radical (unpaired) electrons. The van der Waals surface area contributed by atoms with Crippen LogP contribution in [0, 0.1) is 11.6 Å². The van der Waals surface area contributed by atoms with Gasteiger partial charge in [0.15, 0.2) is 11.6 Å². The van der Waals surface area contributed by atoms with Crippen molar-refractivity contribution in [1.29, 1.82) is 0 Å². The summed E-state index contributed by atoms with van der Waals surface area (Å²) in [6.45, 7) is -0.748. The molecule has 1 aromatic carbocycles. The van der Waals surface area contributed by atoms with E-state index in [9.17, 15) is 24.1 Å². The van der Waals surface area contributed by atoms with Crippen LogP contribution < -0.4 is 0 Å². The van der Waals surface area contributed by atoms with Crippen LogP contribution in [0.5, 0.6) is 0 Å². The summed E-state index contributed by atoms with van der Waals surface area (Å²) < 4.78 is 26.0. The van der Waals surface area contributed by atoms with E-state index in [1.807, 2.05) is 0 Å². The fraction of sp³-hybridized carbons (Fsp3) is 0.364. The zero-order valence-electron chi connectivity index (χ0n) is 9.59. The molecule has 5 N–H and O–H groups in total. The van der Waals surface area contributed by atoms with Crippen LogP contribution in [0.2, 0.25) is 0 Å². The van der Waals surface area contributed by atoms with Crippen molar-refractivity contribution in [2.75, 3.05) is 6.61 Å². The molecule has 0 spiro atoms. The number of aromatic nitrogens is 2. The summed E-state index contributed by atoms with van der Waals surface area (Å²) in [4.78, 5) is 6.29. The lowest BCUT2D eigenvalue weighted by Gasteiger charge is -2.19. The molecule has 6 nitrogen and oxygen atoms in total. The van der Waals surface area contributed by atoms with Crippen molar-refractivity contribution in [1.82, 2.24) is 9.97 Å². The quantitative estimate of drug-likeness (QED) is 0.520. The molecular formula is C11H12F2N2O4. The van der Waals surface area contributed by atoms with Crippen LogP contribution in [-0.4, -0.2) is 49.2 Å². The summed E-state index contributed by atoms with van der Waals surface area (Å²) in [6, 6.07) is 1.70. The second-order valence-electron chi connectivity index (χ2n) is 4.09. The van der Waals surface area contributed by atoms with Crippen molar-refractivity contribution in [2.24, 2.45) is 0 Å². The second kappa shape index (κ2) is 5.17. The molecule has 0 aliphatic rings. The predicted octanol–water partition coefficient (Wildman–Crippen LogP) is -0.411. The number of halogens is 2. The first-order valence-corrected chi connectivity index (χ1v) is 5.43. The number of aromatic amines is 1. The third-order valence-electron chi connectivity index (χ3n) is 2.73. The van der Waals surface area contributed by atoms with E-state index in [0.717, 1.165) is 12.1 Å². The maximum Gasteiger partial charge on any atom is 0.161 e. The zero-order valence-corrected chi connectivity index (χ0v) is 9.59. The Morgan fingerprint density at radius 1 is 1.16 bits per heavy atom. The molecule has 0 amide bonds. The predicted molar refractivity (Wildman–Crippen MR) is 60.1 cm³/mol. The lowest BCUT2D eigenvalue weighted by Crippen LogP contribution is -2.35. The highest BCUT2D eigenvalue weighted by Crippen LogP contribution is 2.22. The van der Waals surface area contributed by atoms with Crippen molar-refractivity contribution in [2.45, 2.75) is 18.3 Å². The topological polar surface area (TPSA) is 110 Å². The first kappa shape index (κ1) is 13.8. The Balaban J connectivity index is 2.35. The molecular weight excluding hydrogens is 262 g/mol. The van der Waals surface area contributed by atoms with Gasteiger partial charge in [0.05, 0.1) is 17.6 Å². The minimum Gasteiger partial charge on any atom is -0.394 e. The zero-order chi connectivity index (χ0) is 14.2. The molecule has 0 unspecified atom stereocenters. The Morgan fingerprint density at radius 2 is 1.79 bits per heavy atom. The first-order chi connectivity index (χ1) is 8.93. The van der Waals surface area contributed by atoms with E-state index in [4.69, 9.17) is 5.11 Å². The van der Waals surface area contributed by atoms with E-state index in [1.165, 1.54) is 0 Å². The Bertz CT molecular complexity index is 550. The van der Waals surface area contributed by atoms with Crippen LogP contribution in [0.4, 0.5) is 8.78 Å². The number of imidazole rings is 1. The number of nitrogens with zero attached hydrogens (tertiary/aromatic N) is 1. The average molecular weight is 274 g/mol. The minimum atomic E-state index is -1.68. The van der Waals surface area contributed by atoms with Gasteiger partial charge in [-0.1, -0.05) is 0 Å². The monoisotopic (exact) mass is 274 g/mol. The summed E-state index contributed by atoms with van der Waals surface area (Å²) in [5.41, 5.74) is 0.206. The van der Waals surface area contributed by atoms with Crippen molar-refractivity contribution >= 4 is 11.0 Å². The van der Waals surface area contributed by atoms with Crippen LogP contribution in [0.15, 0.2) is 12.1 Å². The number of aliphatic hydroxyl groups excluding tert-OH is 4. The van der Waals surface area contributed by atoms with Crippen molar-refractivity contribution in [3.8, 4) is 0 Å². The normalized spacial score (nSPS) is 16.5. The molecule has 0 aliphatic carbocycles. The second-order valence-corrected chi connectivity index (χ2v) is 4.09. The van der Waals surface area contributed by atoms with Crippen molar-refractivity contribution in [3.63, 3.8) is 0 Å². The molecule has 2 rings (SSSR count).